The monoisotopic (exact) mass is 996 g/mol. The third-order valence-corrected chi connectivity index (χ3v) is 14.4. The predicted octanol–water partition coefficient (Wildman–Crippen LogP) is 19.7. The molecule has 71 heavy (non-hydrogen) atoms. The summed E-state index contributed by atoms with van der Waals surface area (Å²) in [5.74, 6) is -0.0705. The van der Waals surface area contributed by atoms with Crippen molar-refractivity contribution < 1.29 is 24.5 Å². The molecule has 0 aromatic rings. The summed E-state index contributed by atoms with van der Waals surface area (Å²) in [6.45, 7) is 4.89. The van der Waals surface area contributed by atoms with E-state index in [2.05, 4.69) is 67.8 Å². The van der Waals surface area contributed by atoms with Crippen molar-refractivity contribution >= 4 is 11.9 Å². The lowest BCUT2D eigenvalue weighted by molar-refractivity contribution is -0.143. The zero-order chi connectivity index (χ0) is 51.4. The summed E-state index contributed by atoms with van der Waals surface area (Å²) in [6, 6.07) is -0.551. The van der Waals surface area contributed by atoms with Crippen LogP contribution in [0.25, 0.3) is 0 Å². The molecule has 0 radical (unpaired) electrons. The van der Waals surface area contributed by atoms with E-state index in [9.17, 15) is 19.8 Å². The van der Waals surface area contributed by atoms with Gasteiger partial charge < -0.3 is 20.3 Å². The first-order valence-electron chi connectivity index (χ1n) is 31.4. The van der Waals surface area contributed by atoms with E-state index in [0.29, 0.717) is 25.9 Å². The van der Waals surface area contributed by atoms with Crippen LogP contribution in [-0.4, -0.2) is 47.4 Å². The van der Waals surface area contributed by atoms with Crippen molar-refractivity contribution in [2.24, 2.45) is 0 Å². The second kappa shape index (κ2) is 60.4. The highest BCUT2D eigenvalue weighted by Gasteiger charge is 2.20. The first kappa shape index (κ1) is 68.8. The normalized spacial score (nSPS) is 12.9. The van der Waals surface area contributed by atoms with E-state index in [1.807, 2.05) is 0 Å². The number of carbonyl (C=O) groups excluding carboxylic acids is 2. The summed E-state index contributed by atoms with van der Waals surface area (Å²) in [6.07, 6.45) is 76.9. The van der Waals surface area contributed by atoms with E-state index in [-0.39, 0.29) is 18.5 Å². The van der Waals surface area contributed by atoms with Crippen molar-refractivity contribution in [1.29, 1.82) is 0 Å². The van der Waals surface area contributed by atoms with Gasteiger partial charge in [0.25, 0.3) is 0 Å². The Kier molecular flexibility index (Phi) is 58.5. The maximum Gasteiger partial charge on any atom is 0.305 e. The van der Waals surface area contributed by atoms with Crippen LogP contribution < -0.4 is 5.32 Å². The molecule has 0 saturated carbocycles. The zero-order valence-corrected chi connectivity index (χ0v) is 47.5. The molecule has 3 N–H and O–H groups in total. The number of nitrogens with one attached hydrogen (secondary N) is 1. The van der Waals surface area contributed by atoms with Gasteiger partial charge in [0.05, 0.1) is 25.4 Å². The molecule has 1 amide bonds. The molecule has 0 aliphatic heterocycles. The molecule has 0 aromatic heterocycles. The zero-order valence-electron chi connectivity index (χ0n) is 47.5. The van der Waals surface area contributed by atoms with Gasteiger partial charge in [0.1, 0.15) is 0 Å². The molecule has 0 saturated heterocycles. The van der Waals surface area contributed by atoms with Crippen molar-refractivity contribution in [2.75, 3.05) is 13.2 Å². The van der Waals surface area contributed by atoms with Gasteiger partial charge in [-0.3, -0.25) is 9.59 Å². The van der Waals surface area contributed by atoms with Crippen LogP contribution in [0.3, 0.4) is 0 Å². The lowest BCUT2D eigenvalue weighted by Gasteiger charge is -2.22. The van der Waals surface area contributed by atoms with Gasteiger partial charge in [-0.2, -0.15) is 0 Å². The van der Waals surface area contributed by atoms with E-state index >= 15 is 0 Å². The van der Waals surface area contributed by atoms with Crippen LogP contribution in [-0.2, 0) is 14.3 Å². The Bertz CT molecular complexity index is 1190. The van der Waals surface area contributed by atoms with E-state index < -0.39 is 12.1 Å². The molecule has 416 valence electrons. The second-order valence-corrected chi connectivity index (χ2v) is 21.4. The largest absolute Gasteiger partial charge is 0.466 e. The minimum absolute atomic E-state index is 0.0273. The van der Waals surface area contributed by atoms with Crippen LogP contribution in [0.2, 0.25) is 0 Å². The first-order chi connectivity index (χ1) is 35.0. The van der Waals surface area contributed by atoms with Gasteiger partial charge >= 0.3 is 5.97 Å². The van der Waals surface area contributed by atoms with Crippen molar-refractivity contribution in [3.63, 3.8) is 0 Å². The molecular weight excluding hydrogens is 875 g/mol. The Hall–Kier alpha value is -2.18. The molecule has 0 heterocycles. The molecule has 6 nitrogen and oxygen atoms in total. The molecule has 0 fully saturated rings. The van der Waals surface area contributed by atoms with E-state index in [4.69, 9.17) is 4.74 Å². The van der Waals surface area contributed by atoms with E-state index in [1.54, 1.807) is 0 Å². The number of ether oxygens (including phenoxy) is 1. The number of carbonyl (C=O) groups is 2. The number of aliphatic hydroxyl groups is 2. The highest BCUT2D eigenvalue weighted by atomic mass is 16.5. The van der Waals surface area contributed by atoms with Crippen molar-refractivity contribution in [1.82, 2.24) is 5.32 Å². The summed E-state index contributed by atoms with van der Waals surface area (Å²) in [5.41, 5.74) is 0. The Labute approximate surface area is 442 Å². The lowest BCUT2D eigenvalue weighted by Crippen LogP contribution is -2.45. The SMILES string of the molecule is CCCCC/C=C\C/C=C\CCCCCCCC(=O)OCCCCC/C=C\C=C/CCCCCCCCCCCCC(=O)NC(CO)C(O)CCCCCCCCCCCCCCCCCCCCCC. The maximum absolute atomic E-state index is 12.5. The molecule has 2 atom stereocenters. The number of hydrogen-bond donors (Lipinski definition) is 3. The van der Waals surface area contributed by atoms with Crippen LogP contribution >= 0.6 is 0 Å². The van der Waals surface area contributed by atoms with Crippen LogP contribution in [0, 0.1) is 0 Å². The van der Waals surface area contributed by atoms with Crippen molar-refractivity contribution in [3.8, 4) is 0 Å². The number of esters is 1. The quantitative estimate of drug-likeness (QED) is 0.0244. The fourth-order valence-electron chi connectivity index (χ4n) is 9.54. The Morgan fingerprint density at radius 1 is 0.408 bits per heavy atom. The van der Waals surface area contributed by atoms with Gasteiger partial charge in [-0.05, 0) is 89.9 Å². The summed E-state index contributed by atoms with van der Waals surface area (Å²) < 4.78 is 5.45. The number of allylic oxidation sites excluding steroid dienone is 8. The number of aliphatic hydroxyl groups excluding tert-OH is 2. The van der Waals surface area contributed by atoms with Crippen LogP contribution in [0.1, 0.15) is 328 Å². The highest BCUT2D eigenvalue weighted by Crippen LogP contribution is 2.17. The van der Waals surface area contributed by atoms with Crippen molar-refractivity contribution in [3.05, 3.63) is 48.6 Å². The fourth-order valence-corrected chi connectivity index (χ4v) is 9.54. The summed E-state index contributed by atoms with van der Waals surface area (Å²) in [5, 5.41) is 23.4. The molecule has 6 heteroatoms. The molecular formula is C65H121NO5. The van der Waals surface area contributed by atoms with Gasteiger partial charge in [0.2, 0.25) is 5.91 Å². The molecule has 0 rings (SSSR count). The third-order valence-electron chi connectivity index (χ3n) is 14.4. The maximum atomic E-state index is 12.5. The highest BCUT2D eigenvalue weighted by molar-refractivity contribution is 5.76. The van der Waals surface area contributed by atoms with Gasteiger partial charge in [-0.25, -0.2) is 0 Å². The lowest BCUT2D eigenvalue weighted by atomic mass is 10.0. The molecule has 0 aliphatic carbocycles. The molecule has 0 spiro atoms. The molecule has 0 aromatic carbocycles. The molecule has 2 unspecified atom stereocenters. The Morgan fingerprint density at radius 2 is 0.746 bits per heavy atom. The number of amides is 1. The molecule has 0 aliphatic rings. The second-order valence-electron chi connectivity index (χ2n) is 21.4. The number of unbranched alkanes of at least 4 members (excludes halogenated alkanes) is 40. The minimum atomic E-state index is -0.673. The number of rotatable bonds is 58. The Balaban J connectivity index is 3.49. The summed E-state index contributed by atoms with van der Waals surface area (Å²) in [7, 11) is 0. The topological polar surface area (TPSA) is 95.9 Å². The fraction of sp³-hybridized carbons (Fsp3) is 0.846. The van der Waals surface area contributed by atoms with Gasteiger partial charge in [0, 0.05) is 12.8 Å². The van der Waals surface area contributed by atoms with Crippen LogP contribution in [0.5, 0.6) is 0 Å². The van der Waals surface area contributed by atoms with Crippen LogP contribution in [0.15, 0.2) is 48.6 Å². The smallest absolute Gasteiger partial charge is 0.305 e. The van der Waals surface area contributed by atoms with E-state index in [1.165, 1.54) is 218 Å². The standard InChI is InChI=1S/C65H121NO5/c1-3-5-7-9-11-13-15-17-19-20-21-23-26-30-33-37-41-45-49-53-57-63(68)62(61-67)66-64(69)58-54-50-46-42-38-34-31-27-24-22-25-28-32-36-40-44-48-52-56-60-71-65(70)59-55-51-47-43-39-35-29-18-16-14-12-10-8-6-4-2/h12,14,18,28-29,32,36,40,62-63,67-68H,3-11,13,15-17,19-27,30-31,33-35,37-39,41-61H2,1-2H3,(H,66,69)/b14-12-,29-18-,32-28-,40-36-. The predicted molar refractivity (Wildman–Crippen MR) is 310 cm³/mol. The number of hydrogen-bond acceptors (Lipinski definition) is 5. The van der Waals surface area contributed by atoms with Crippen molar-refractivity contribution in [2.45, 2.75) is 341 Å². The summed E-state index contributed by atoms with van der Waals surface area (Å²) in [4.78, 5) is 24.6. The van der Waals surface area contributed by atoms with Gasteiger partial charge in [-0.15, -0.1) is 0 Å². The average Bonchev–Trinajstić information content (AvgIpc) is 3.37. The van der Waals surface area contributed by atoms with Gasteiger partial charge in [0.15, 0.2) is 0 Å². The first-order valence-corrected chi connectivity index (χ1v) is 31.4. The third kappa shape index (κ3) is 57.0. The van der Waals surface area contributed by atoms with Gasteiger partial charge in [-0.1, -0.05) is 274 Å². The minimum Gasteiger partial charge on any atom is -0.466 e. The van der Waals surface area contributed by atoms with E-state index in [0.717, 1.165) is 77.0 Å². The van der Waals surface area contributed by atoms with Crippen LogP contribution in [0.4, 0.5) is 0 Å². The summed E-state index contributed by atoms with van der Waals surface area (Å²) >= 11 is 0. The molecule has 0 bridgehead atoms. The Morgan fingerprint density at radius 3 is 1.18 bits per heavy atom. The average molecular weight is 997 g/mol.